The standard InChI is InChI=1S/C22H22N2O4/c1-4-27-22(26)20-14(2)19(15(3)23-20)21(25)24-16-10-12-18(13-11-16)28-17-8-6-5-7-9-17/h5-13,23H,4H2,1-3H3,(H,24,25). The number of benzene rings is 2. The van der Waals surface area contributed by atoms with Crippen molar-refractivity contribution in [2.45, 2.75) is 20.8 Å². The van der Waals surface area contributed by atoms with Crippen LogP contribution in [0.15, 0.2) is 54.6 Å². The van der Waals surface area contributed by atoms with Crippen molar-refractivity contribution >= 4 is 17.6 Å². The molecule has 3 aromatic rings. The molecule has 1 amide bonds. The number of rotatable bonds is 6. The molecule has 6 heteroatoms. The largest absolute Gasteiger partial charge is 0.461 e. The Kier molecular flexibility index (Phi) is 5.79. The Bertz CT molecular complexity index is 976. The number of aromatic amines is 1. The molecule has 2 N–H and O–H groups in total. The van der Waals surface area contributed by atoms with Gasteiger partial charge in [0, 0.05) is 11.4 Å². The number of nitrogens with one attached hydrogen (secondary N) is 2. The molecule has 0 atom stereocenters. The summed E-state index contributed by atoms with van der Waals surface area (Å²) in [4.78, 5) is 27.7. The van der Waals surface area contributed by atoms with Crippen LogP contribution in [0.25, 0.3) is 0 Å². The molecule has 0 saturated carbocycles. The minimum absolute atomic E-state index is 0.273. The molecule has 1 heterocycles. The molecular weight excluding hydrogens is 356 g/mol. The van der Waals surface area contributed by atoms with E-state index in [0.717, 1.165) is 5.75 Å². The van der Waals surface area contributed by atoms with Crippen molar-refractivity contribution < 1.29 is 19.1 Å². The van der Waals surface area contributed by atoms with Crippen molar-refractivity contribution in [1.29, 1.82) is 0 Å². The van der Waals surface area contributed by atoms with Crippen LogP contribution in [0.3, 0.4) is 0 Å². The molecule has 0 radical (unpaired) electrons. The molecule has 0 aliphatic heterocycles. The maximum atomic E-state index is 12.7. The number of para-hydroxylation sites is 1. The molecule has 0 saturated heterocycles. The van der Waals surface area contributed by atoms with E-state index in [4.69, 9.17) is 9.47 Å². The molecular formula is C22H22N2O4. The zero-order valence-corrected chi connectivity index (χ0v) is 16.0. The molecule has 3 rings (SSSR count). The Morgan fingerprint density at radius 3 is 2.25 bits per heavy atom. The van der Waals surface area contributed by atoms with Gasteiger partial charge in [0.15, 0.2) is 0 Å². The number of carbonyl (C=O) groups is 2. The highest BCUT2D eigenvalue weighted by Gasteiger charge is 2.22. The average molecular weight is 378 g/mol. The predicted molar refractivity (Wildman–Crippen MR) is 107 cm³/mol. The van der Waals surface area contributed by atoms with E-state index in [1.807, 2.05) is 30.3 Å². The van der Waals surface area contributed by atoms with Crippen LogP contribution in [0.4, 0.5) is 5.69 Å². The molecule has 2 aromatic carbocycles. The Morgan fingerprint density at radius 1 is 0.964 bits per heavy atom. The minimum Gasteiger partial charge on any atom is -0.461 e. The second-order valence-electron chi connectivity index (χ2n) is 6.24. The van der Waals surface area contributed by atoms with Gasteiger partial charge in [-0.1, -0.05) is 18.2 Å². The fourth-order valence-electron chi connectivity index (χ4n) is 2.92. The van der Waals surface area contributed by atoms with Crippen molar-refractivity contribution in [3.63, 3.8) is 0 Å². The van der Waals surface area contributed by atoms with Crippen LogP contribution in [-0.2, 0) is 4.74 Å². The monoisotopic (exact) mass is 378 g/mol. The summed E-state index contributed by atoms with van der Waals surface area (Å²) in [6, 6.07) is 16.5. The van der Waals surface area contributed by atoms with Gasteiger partial charge in [0.1, 0.15) is 17.2 Å². The van der Waals surface area contributed by atoms with E-state index in [1.54, 1.807) is 45.0 Å². The first-order valence-corrected chi connectivity index (χ1v) is 9.00. The van der Waals surface area contributed by atoms with E-state index in [9.17, 15) is 9.59 Å². The smallest absolute Gasteiger partial charge is 0.355 e. The van der Waals surface area contributed by atoms with Crippen molar-refractivity contribution in [1.82, 2.24) is 4.98 Å². The first-order valence-electron chi connectivity index (χ1n) is 9.00. The molecule has 0 bridgehead atoms. The Labute approximate surface area is 163 Å². The van der Waals surface area contributed by atoms with Crippen molar-refractivity contribution in [2.24, 2.45) is 0 Å². The average Bonchev–Trinajstić information content (AvgIpc) is 2.99. The van der Waals surface area contributed by atoms with Crippen LogP contribution in [0, 0.1) is 13.8 Å². The van der Waals surface area contributed by atoms with Crippen LogP contribution in [0.2, 0.25) is 0 Å². The van der Waals surface area contributed by atoms with Gasteiger partial charge in [-0.25, -0.2) is 4.79 Å². The number of aryl methyl sites for hydroxylation is 1. The number of carbonyl (C=O) groups excluding carboxylic acids is 2. The van der Waals surface area contributed by atoms with Crippen LogP contribution in [0.1, 0.15) is 39.0 Å². The lowest BCUT2D eigenvalue weighted by molar-refractivity contribution is 0.0519. The molecule has 144 valence electrons. The first kappa shape index (κ1) is 19.2. The first-order chi connectivity index (χ1) is 13.5. The molecule has 0 aliphatic rings. The normalized spacial score (nSPS) is 10.4. The Hall–Kier alpha value is -3.54. The molecule has 0 spiro atoms. The van der Waals surface area contributed by atoms with Gasteiger partial charge in [-0.3, -0.25) is 4.79 Å². The van der Waals surface area contributed by atoms with Crippen LogP contribution >= 0.6 is 0 Å². The van der Waals surface area contributed by atoms with E-state index in [2.05, 4.69) is 10.3 Å². The van der Waals surface area contributed by atoms with Gasteiger partial charge >= 0.3 is 5.97 Å². The van der Waals surface area contributed by atoms with Crippen LogP contribution < -0.4 is 10.1 Å². The summed E-state index contributed by atoms with van der Waals surface area (Å²) < 4.78 is 10.8. The fraction of sp³-hybridized carbons (Fsp3) is 0.182. The summed E-state index contributed by atoms with van der Waals surface area (Å²) in [5.41, 5.74) is 2.55. The minimum atomic E-state index is -0.468. The fourth-order valence-corrected chi connectivity index (χ4v) is 2.92. The molecule has 0 aliphatic carbocycles. The van der Waals surface area contributed by atoms with E-state index < -0.39 is 5.97 Å². The summed E-state index contributed by atoms with van der Waals surface area (Å²) in [6.45, 7) is 5.49. The van der Waals surface area contributed by atoms with E-state index in [-0.39, 0.29) is 12.5 Å². The third-order valence-corrected chi connectivity index (χ3v) is 4.24. The Balaban J connectivity index is 1.72. The van der Waals surface area contributed by atoms with Crippen molar-refractivity contribution in [3.05, 3.63) is 77.1 Å². The maximum Gasteiger partial charge on any atom is 0.355 e. The predicted octanol–water partition coefficient (Wildman–Crippen LogP) is 4.85. The third-order valence-electron chi connectivity index (χ3n) is 4.24. The summed E-state index contributed by atoms with van der Waals surface area (Å²) in [7, 11) is 0. The number of hydrogen-bond donors (Lipinski definition) is 2. The summed E-state index contributed by atoms with van der Waals surface area (Å²) in [5.74, 6) is 0.648. The summed E-state index contributed by atoms with van der Waals surface area (Å²) in [5, 5.41) is 2.85. The number of esters is 1. The molecule has 0 unspecified atom stereocenters. The van der Waals surface area contributed by atoms with E-state index >= 15 is 0 Å². The number of ether oxygens (including phenoxy) is 2. The number of H-pyrrole nitrogens is 1. The molecule has 0 fully saturated rings. The van der Waals surface area contributed by atoms with Gasteiger partial charge in [-0.05, 0) is 62.7 Å². The van der Waals surface area contributed by atoms with E-state index in [1.165, 1.54) is 0 Å². The summed E-state index contributed by atoms with van der Waals surface area (Å²) in [6.07, 6.45) is 0. The van der Waals surface area contributed by atoms with Gasteiger partial charge in [0.05, 0.1) is 12.2 Å². The van der Waals surface area contributed by atoms with E-state index in [0.29, 0.717) is 34.0 Å². The molecule has 28 heavy (non-hydrogen) atoms. The number of anilines is 1. The van der Waals surface area contributed by atoms with Gasteiger partial charge in [0.25, 0.3) is 5.91 Å². The SMILES string of the molecule is CCOC(=O)c1[nH]c(C)c(C(=O)Nc2ccc(Oc3ccccc3)cc2)c1C. The second kappa shape index (κ2) is 8.43. The maximum absolute atomic E-state index is 12.7. The van der Waals surface area contributed by atoms with Crippen LogP contribution in [0.5, 0.6) is 11.5 Å². The lowest BCUT2D eigenvalue weighted by Crippen LogP contribution is -2.14. The van der Waals surface area contributed by atoms with Crippen LogP contribution in [-0.4, -0.2) is 23.5 Å². The highest BCUT2D eigenvalue weighted by molar-refractivity contribution is 6.08. The number of aromatic nitrogens is 1. The summed E-state index contributed by atoms with van der Waals surface area (Å²) >= 11 is 0. The van der Waals surface area contributed by atoms with Crippen molar-refractivity contribution in [2.75, 3.05) is 11.9 Å². The quantitative estimate of drug-likeness (QED) is 0.601. The highest BCUT2D eigenvalue weighted by Crippen LogP contribution is 2.24. The second-order valence-corrected chi connectivity index (χ2v) is 6.24. The van der Waals surface area contributed by atoms with Gasteiger partial charge < -0.3 is 19.8 Å². The molecule has 6 nitrogen and oxygen atoms in total. The topological polar surface area (TPSA) is 80.4 Å². The van der Waals surface area contributed by atoms with Gasteiger partial charge in [-0.15, -0.1) is 0 Å². The number of hydrogen-bond acceptors (Lipinski definition) is 4. The zero-order chi connectivity index (χ0) is 20.1. The lowest BCUT2D eigenvalue weighted by atomic mass is 10.1. The zero-order valence-electron chi connectivity index (χ0n) is 16.0. The van der Waals surface area contributed by atoms with Gasteiger partial charge in [0.2, 0.25) is 0 Å². The Morgan fingerprint density at radius 2 is 1.61 bits per heavy atom. The highest BCUT2D eigenvalue weighted by atomic mass is 16.5. The molecule has 1 aromatic heterocycles. The lowest BCUT2D eigenvalue weighted by Gasteiger charge is -2.09. The van der Waals surface area contributed by atoms with Gasteiger partial charge in [-0.2, -0.15) is 0 Å². The third kappa shape index (κ3) is 4.23. The van der Waals surface area contributed by atoms with Crippen molar-refractivity contribution in [3.8, 4) is 11.5 Å². The number of amides is 1.